The molecule has 3 aromatic rings. The van der Waals surface area contributed by atoms with E-state index in [-0.39, 0.29) is 17.3 Å². The summed E-state index contributed by atoms with van der Waals surface area (Å²) in [4.78, 5) is 0.0717. The van der Waals surface area contributed by atoms with Gasteiger partial charge in [0.1, 0.15) is 11.7 Å². The lowest BCUT2D eigenvalue weighted by Crippen LogP contribution is -2.23. The van der Waals surface area contributed by atoms with Crippen molar-refractivity contribution in [2.45, 2.75) is 11.4 Å². The zero-order valence-electron chi connectivity index (χ0n) is 16.2. The fraction of sp³-hybridized carbons (Fsp3) is 0.0476. The van der Waals surface area contributed by atoms with Crippen molar-refractivity contribution in [3.63, 3.8) is 0 Å². The first-order chi connectivity index (χ1) is 14.7. The van der Waals surface area contributed by atoms with E-state index in [2.05, 4.69) is 15.4 Å². The number of benzene rings is 3. The van der Waals surface area contributed by atoms with Crippen molar-refractivity contribution in [2.24, 2.45) is 5.73 Å². The highest BCUT2D eigenvalue weighted by atomic mass is 32.2. The molecule has 0 aromatic heterocycles. The molecule has 0 fully saturated rings. The Morgan fingerprint density at radius 2 is 1.65 bits per heavy atom. The molecule has 160 valence electrons. The van der Waals surface area contributed by atoms with Crippen molar-refractivity contribution in [3.8, 4) is 0 Å². The first-order valence-electron chi connectivity index (χ1n) is 9.09. The largest absolute Gasteiger partial charge is 0.384 e. The van der Waals surface area contributed by atoms with Gasteiger partial charge in [-0.15, -0.1) is 0 Å². The standard InChI is InChI=1S/C21H20FN5O2S2/c22-16-5-1-3-14(11-16)13-25-31(28,29)19-9-7-17(8-10-19)26-21(30)27-18-6-2-4-15(12-18)20(23)24/h1-12,25H,13H2,(H3,23,24)(H2,26,27,30). The van der Waals surface area contributed by atoms with Crippen molar-refractivity contribution >= 4 is 44.6 Å². The van der Waals surface area contributed by atoms with E-state index in [0.717, 1.165) is 0 Å². The third-order valence-corrected chi connectivity index (χ3v) is 5.83. The highest BCUT2D eigenvalue weighted by Gasteiger charge is 2.14. The molecule has 7 nitrogen and oxygen atoms in total. The zero-order chi connectivity index (χ0) is 22.4. The molecular weight excluding hydrogens is 437 g/mol. The van der Waals surface area contributed by atoms with E-state index < -0.39 is 15.8 Å². The molecule has 0 aliphatic rings. The smallest absolute Gasteiger partial charge is 0.240 e. The van der Waals surface area contributed by atoms with Crippen molar-refractivity contribution in [2.75, 3.05) is 10.6 Å². The summed E-state index contributed by atoms with van der Waals surface area (Å²) < 4.78 is 40.6. The van der Waals surface area contributed by atoms with Gasteiger partial charge in [0.05, 0.1) is 4.90 Å². The molecule has 0 unspecified atom stereocenters. The Balaban J connectivity index is 1.60. The Morgan fingerprint density at radius 1 is 0.968 bits per heavy atom. The normalized spacial score (nSPS) is 11.0. The van der Waals surface area contributed by atoms with Crippen LogP contribution in [0, 0.1) is 11.2 Å². The lowest BCUT2D eigenvalue weighted by molar-refractivity contribution is 0.580. The molecular formula is C21H20FN5O2S2. The third kappa shape index (κ3) is 6.32. The number of halogens is 1. The number of sulfonamides is 1. The Bertz CT molecular complexity index is 1210. The molecule has 0 bridgehead atoms. The van der Waals surface area contributed by atoms with Crippen LogP contribution in [0.5, 0.6) is 0 Å². The van der Waals surface area contributed by atoms with Crippen molar-refractivity contribution in [1.82, 2.24) is 4.72 Å². The van der Waals surface area contributed by atoms with Gasteiger partial charge in [-0.3, -0.25) is 5.41 Å². The molecule has 0 spiro atoms. The minimum atomic E-state index is -3.76. The molecule has 10 heteroatoms. The van der Waals surface area contributed by atoms with Gasteiger partial charge in [0.25, 0.3) is 0 Å². The van der Waals surface area contributed by atoms with E-state index in [4.69, 9.17) is 23.4 Å². The number of hydrogen-bond donors (Lipinski definition) is 5. The number of hydrogen-bond acceptors (Lipinski definition) is 4. The molecule has 6 N–H and O–H groups in total. The van der Waals surface area contributed by atoms with Crippen LogP contribution in [0.4, 0.5) is 15.8 Å². The Kier molecular flexibility index (Phi) is 6.95. The summed E-state index contributed by atoms with van der Waals surface area (Å²) in [6.45, 7) is -0.0204. The topological polar surface area (TPSA) is 120 Å². The van der Waals surface area contributed by atoms with Crippen LogP contribution >= 0.6 is 12.2 Å². The van der Waals surface area contributed by atoms with Crippen LogP contribution in [-0.2, 0) is 16.6 Å². The minimum absolute atomic E-state index is 0.0204. The van der Waals surface area contributed by atoms with Crippen LogP contribution < -0.4 is 21.1 Å². The average molecular weight is 458 g/mol. The Morgan fingerprint density at radius 3 is 2.32 bits per heavy atom. The maximum Gasteiger partial charge on any atom is 0.240 e. The quantitative estimate of drug-likeness (QED) is 0.211. The van der Waals surface area contributed by atoms with E-state index >= 15 is 0 Å². The number of nitrogens with one attached hydrogen (secondary N) is 4. The van der Waals surface area contributed by atoms with Crippen molar-refractivity contribution in [1.29, 1.82) is 5.41 Å². The summed E-state index contributed by atoms with van der Waals surface area (Å²) in [6, 6.07) is 18.7. The Labute approximate surface area is 185 Å². The van der Waals surface area contributed by atoms with Gasteiger partial charge < -0.3 is 16.4 Å². The lowest BCUT2D eigenvalue weighted by Gasteiger charge is -2.12. The number of amidine groups is 1. The third-order valence-electron chi connectivity index (χ3n) is 4.21. The van der Waals surface area contributed by atoms with Gasteiger partial charge in [0, 0.05) is 23.5 Å². The molecule has 0 radical (unpaired) electrons. The predicted octanol–water partition coefficient (Wildman–Crippen LogP) is 3.40. The van der Waals surface area contributed by atoms with Gasteiger partial charge in [-0.1, -0.05) is 24.3 Å². The van der Waals surface area contributed by atoms with Crippen LogP contribution in [0.15, 0.2) is 77.7 Å². The second kappa shape index (κ2) is 9.65. The van der Waals surface area contributed by atoms with Crippen LogP contribution in [-0.4, -0.2) is 19.4 Å². The molecule has 0 heterocycles. The highest BCUT2D eigenvalue weighted by Crippen LogP contribution is 2.16. The number of thiocarbonyl (C=S) groups is 1. The van der Waals surface area contributed by atoms with Crippen molar-refractivity contribution in [3.05, 3.63) is 89.7 Å². The van der Waals surface area contributed by atoms with Gasteiger partial charge in [-0.25, -0.2) is 17.5 Å². The number of nitrogens with two attached hydrogens (primary N) is 1. The summed E-state index contributed by atoms with van der Waals surface area (Å²) in [5.74, 6) is -0.477. The van der Waals surface area contributed by atoms with Crippen LogP contribution in [0.3, 0.4) is 0 Å². The fourth-order valence-corrected chi connectivity index (χ4v) is 3.94. The first kappa shape index (κ1) is 22.3. The maximum absolute atomic E-state index is 13.2. The summed E-state index contributed by atoms with van der Waals surface area (Å²) >= 11 is 5.27. The summed E-state index contributed by atoms with van der Waals surface area (Å²) in [7, 11) is -3.76. The minimum Gasteiger partial charge on any atom is -0.384 e. The SMILES string of the molecule is N=C(N)c1cccc(NC(=S)Nc2ccc(S(=O)(=O)NCc3cccc(F)c3)cc2)c1. The number of rotatable bonds is 7. The average Bonchev–Trinajstić information content (AvgIpc) is 2.73. The molecule has 0 saturated heterocycles. The summed E-state index contributed by atoms with van der Waals surface area (Å²) in [5, 5.41) is 13.7. The monoisotopic (exact) mass is 457 g/mol. The molecule has 0 saturated carbocycles. The van der Waals surface area contributed by atoms with Gasteiger partial charge in [0.15, 0.2) is 5.11 Å². The van der Waals surface area contributed by atoms with Crippen LogP contribution in [0.2, 0.25) is 0 Å². The first-order valence-corrected chi connectivity index (χ1v) is 11.0. The second-order valence-electron chi connectivity index (χ2n) is 6.55. The zero-order valence-corrected chi connectivity index (χ0v) is 17.9. The summed E-state index contributed by atoms with van der Waals surface area (Å²) in [6.07, 6.45) is 0. The number of nitrogen functional groups attached to an aromatic ring is 1. The molecule has 31 heavy (non-hydrogen) atoms. The fourth-order valence-electron chi connectivity index (χ4n) is 2.68. The second-order valence-corrected chi connectivity index (χ2v) is 8.73. The number of anilines is 2. The van der Waals surface area contributed by atoms with Crippen LogP contribution in [0.1, 0.15) is 11.1 Å². The van der Waals surface area contributed by atoms with Gasteiger partial charge >= 0.3 is 0 Å². The van der Waals surface area contributed by atoms with Crippen molar-refractivity contribution < 1.29 is 12.8 Å². The van der Waals surface area contributed by atoms with E-state index in [9.17, 15) is 12.8 Å². The van der Waals surface area contributed by atoms with Crippen LogP contribution in [0.25, 0.3) is 0 Å². The maximum atomic E-state index is 13.2. The van der Waals surface area contributed by atoms with E-state index in [1.807, 2.05) is 0 Å². The van der Waals surface area contributed by atoms with Gasteiger partial charge in [-0.2, -0.15) is 0 Å². The highest BCUT2D eigenvalue weighted by molar-refractivity contribution is 7.89. The van der Waals surface area contributed by atoms with E-state index in [0.29, 0.717) is 27.6 Å². The van der Waals surface area contributed by atoms with E-state index in [1.165, 1.54) is 30.3 Å². The lowest BCUT2D eigenvalue weighted by atomic mass is 10.2. The molecule has 0 aliphatic carbocycles. The molecule has 3 rings (SSSR count). The predicted molar refractivity (Wildman–Crippen MR) is 124 cm³/mol. The van der Waals surface area contributed by atoms with Gasteiger partial charge in [0.2, 0.25) is 10.0 Å². The van der Waals surface area contributed by atoms with E-state index in [1.54, 1.807) is 42.5 Å². The molecule has 0 aliphatic heterocycles. The molecule has 3 aromatic carbocycles. The molecule has 0 amide bonds. The van der Waals surface area contributed by atoms with Gasteiger partial charge in [-0.05, 0) is 66.3 Å². The summed E-state index contributed by atoms with van der Waals surface area (Å²) in [5.41, 5.74) is 7.81. The molecule has 0 atom stereocenters. The Hall–Kier alpha value is -3.34.